The van der Waals surface area contributed by atoms with Crippen LogP contribution in [0.1, 0.15) is 69.7 Å². The maximum atomic E-state index is 13.9. The van der Waals surface area contributed by atoms with Crippen LogP contribution < -0.4 is 20.1 Å². The second-order valence-electron chi connectivity index (χ2n) is 11.6. The molecule has 0 atom stereocenters. The van der Waals surface area contributed by atoms with Crippen molar-refractivity contribution >= 4 is 35.3 Å². The molecule has 0 aliphatic rings. The highest BCUT2D eigenvalue weighted by Crippen LogP contribution is 2.39. The van der Waals surface area contributed by atoms with Gasteiger partial charge < -0.3 is 30.3 Å². The van der Waals surface area contributed by atoms with E-state index in [2.05, 4.69) is 10.6 Å². The summed E-state index contributed by atoms with van der Waals surface area (Å²) in [4.78, 5) is 45.3. The first kappa shape index (κ1) is 47.8. The Kier molecular flexibility index (Phi) is 15.1. The number of benzene rings is 4. The lowest BCUT2D eigenvalue weighted by Gasteiger charge is -2.15. The highest BCUT2D eigenvalue weighted by Gasteiger charge is 2.43. The lowest BCUT2D eigenvalue weighted by atomic mass is 10.1. The van der Waals surface area contributed by atoms with E-state index >= 15 is 0 Å². The number of hydrogen-bond acceptors (Lipinski definition) is 8. The molecule has 0 amide bonds. The van der Waals surface area contributed by atoms with E-state index in [1.807, 2.05) is 0 Å². The quantitative estimate of drug-likeness (QED) is 0.0469. The number of carboxylic acid groups (broad SMARTS) is 2. The third-order valence-electron chi connectivity index (χ3n) is 7.66. The van der Waals surface area contributed by atoms with Gasteiger partial charge in [0.25, 0.3) is 0 Å². The molecule has 4 aromatic carbocycles. The minimum absolute atomic E-state index is 0.0529. The van der Waals surface area contributed by atoms with Crippen LogP contribution in [0.4, 0.5) is 72.8 Å². The molecule has 4 rings (SSSR count). The number of ether oxygens (including phenoxy) is 2. The summed E-state index contributed by atoms with van der Waals surface area (Å²) in [6.45, 7) is 0.891. The van der Waals surface area contributed by atoms with Gasteiger partial charge in [-0.3, -0.25) is 9.59 Å². The Labute approximate surface area is 326 Å². The zero-order valence-corrected chi connectivity index (χ0v) is 29.9. The van der Waals surface area contributed by atoms with Gasteiger partial charge in [-0.2, -0.15) is 26.3 Å². The van der Waals surface area contributed by atoms with Crippen molar-refractivity contribution in [2.24, 2.45) is 0 Å². The number of alkyl halides is 6. The molecule has 0 aromatic heterocycles. The summed E-state index contributed by atoms with van der Waals surface area (Å²) in [5.41, 5.74) is -9.44. The van der Waals surface area contributed by atoms with Crippen LogP contribution in [0.5, 0.6) is 11.5 Å². The Morgan fingerprint density at radius 3 is 1.03 bits per heavy atom. The van der Waals surface area contributed by atoms with E-state index in [9.17, 15) is 90.9 Å². The number of nitrogens with one attached hydrogen (secondary N) is 2. The second-order valence-corrected chi connectivity index (χ2v) is 11.6. The Hall–Kier alpha value is -6.62. The molecule has 4 N–H and O–H groups in total. The molecule has 0 unspecified atom stereocenters. The SMILES string of the molecule is CCC(=O)Oc1ccc(NCc2c(F)c(F)c(C(F)(F)F)c(F)c2F)cc1C(=O)O.CCC(=O)Oc1ccc(NCc2c(F)c(F)c(C(F)(F)F)c(F)c2F)cc1C(=O)O. The molecule has 10 nitrogen and oxygen atoms in total. The highest BCUT2D eigenvalue weighted by atomic mass is 19.4. The van der Waals surface area contributed by atoms with Crippen LogP contribution in [-0.2, 0) is 35.0 Å². The number of hydrogen-bond donors (Lipinski definition) is 4. The fourth-order valence-corrected chi connectivity index (χ4v) is 4.73. The molecule has 0 heterocycles. The van der Waals surface area contributed by atoms with E-state index in [1.165, 1.54) is 13.8 Å². The number of halogens is 14. The molecule has 0 saturated carbocycles. The molecular weight excluding hydrogens is 854 g/mol. The first-order chi connectivity index (χ1) is 27.8. The molecular formula is C36H24F14N2O8. The monoisotopic (exact) mass is 878 g/mol. The number of rotatable bonds is 12. The summed E-state index contributed by atoms with van der Waals surface area (Å²) >= 11 is 0. The van der Waals surface area contributed by atoms with Gasteiger partial charge in [0.1, 0.15) is 33.8 Å². The summed E-state index contributed by atoms with van der Waals surface area (Å²) in [7, 11) is 0. The minimum Gasteiger partial charge on any atom is -0.478 e. The molecule has 0 aliphatic carbocycles. The molecule has 60 heavy (non-hydrogen) atoms. The van der Waals surface area contributed by atoms with E-state index < -0.39 is 129 Å². The van der Waals surface area contributed by atoms with Crippen molar-refractivity contribution in [3.05, 3.63) is 116 Å². The third-order valence-corrected chi connectivity index (χ3v) is 7.66. The Morgan fingerprint density at radius 2 is 0.800 bits per heavy atom. The van der Waals surface area contributed by atoms with Crippen molar-refractivity contribution in [3.63, 3.8) is 0 Å². The van der Waals surface area contributed by atoms with Gasteiger partial charge in [-0.25, -0.2) is 44.7 Å². The summed E-state index contributed by atoms with van der Waals surface area (Å²) in [5, 5.41) is 22.9. The molecule has 0 bridgehead atoms. The lowest BCUT2D eigenvalue weighted by molar-refractivity contribution is -0.144. The predicted octanol–water partition coefficient (Wildman–Crippen LogP) is 9.77. The number of carbonyl (C=O) groups excluding carboxylic acids is 2. The van der Waals surface area contributed by atoms with Gasteiger partial charge in [-0.1, -0.05) is 13.8 Å². The Bertz CT molecular complexity index is 2110. The number of esters is 2. The summed E-state index contributed by atoms with van der Waals surface area (Å²) < 4.78 is 196. The fourth-order valence-electron chi connectivity index (χ4n) is 4.73. The number of carboxylic acids is 2. The second kappa shape index (κ2) is 19.0. The molecule has 24 heteroatoms. The normalized spacial score (nSPS) is 11.3. The van der Waals surface area contributed by atoms with Crippen LogP contribution in [0.15, 0.2) is 36.4 Å². The van der Waals surface area contributed by atoms with E-state index in [-0.39, 0.29) is 35.7 Å². The fraction of sp³-hybridized carbons (Fsp3) is 0.222. The Balaban J connectivity index is 0.000000320. The van der Waals surface area contributed by atoms with E-state index in [4.69, 9.17) is 9.47 Å². The van der Waals surface area contributed by atoms with Crippen molar-refractivity contribution in [1.82, 2.24) is 0 Å². The van der Waals surface area contributed by atoms with Crippen molar-refractivity contribution < 1.29 is 100 Å². The molecule has 0 spiro atoms. The van der Waals surface area contributed by atoms with Crippen LogP contribution in [0.3, 0.4) is 0 Å². The van der Waals surface area contributed by atoms with Gasteiger partial charge in [0.15, 0.2) is 46.5 Å². The maximum Gasteiger partial charge on any atom is 0.422 e. The summed E-state index contributed by atoms with van der Waals surface area (Å²) in [6.07, 6.45) is -11.4. The standard InChI is InChI=1S/2C18H12F7NO4/c2*1-2-11(27)30-10-4-3-7(5-8(10)17(28)29)26-6-9-13(19)15(21)12(18(23,24)25)16(22)14(9)20/h2*3-5,26H,2,6H2,1H3,(H,28,29). The lowest BCUT2D eigenvalue weighted by Crippen LogP contribution is -2.18. The van der Waals surface area contributed by atoms with E-state index in [1.54, 1.807) is 0 Å². The first-order valence-electron chi connectivity index (χ1n) is 16.2. The number of anilines is 2. The topological polar surface area (TPSA) is 151 Å². The van der Waals surface area contributed by atoms with Crippen molar-refractivity contribution in [2.45, 2.75) is 52.1 Å². The molecule has 0 radical (unpaired) electrons. The van der Waals surface area contributed by atoms with Crippen LogP contribution >= 0.6 is 0 Å². The molecule has 0 fully saturated rings. The zero-order chi connectivity index (χ0) is 45.6. The first-order valence-corrected chi connectivity index (χ1v) is 16.2. The van der Waals surface area contributed by atoms with Crippen LogP contribution in [0.25, 0.3) is 0 Å². The summed E-state index contributed by atoms with van der Waals surface area (Å²) in [6, 6.07) is 6.12. The van der Waals surface area contributed by atoms with E-state index in [0.717, 1.165) is 36.4 Å². The average molecular weight is 879 g/mol. The van der Waals surface area contributed by atoms with Crippen molar-refractivity contribution in [1.29, 1.82) is 0 Å². The third kappa shape index (κ3) is 10.9. The average Bonchev–Trinajstić information content (AvgIpc) is 3.16. The highest BCUT2D eigenvalue weighted by molar-refractivity contribution is 5.94. The predicted molar refractivity (Wildman–Crippen MR) is 176 cm³/mol. The van der Waals surface area contributed by atoms with Crippen LogP contribution in [0, 0.1) is 46.5 Å². The van der Waals surface area contributed by atoms with Gasteiger partial charge in [0.05, 0.1) is 0 Å². The molecule has 0 aliphatic heterocycles. The van der Waals surface area contributed by atoms with Gasteiger partial charge in [-0.05, 0) is 36.4 Å². The van der Waals surface area contributed by atoms with Gasteiger partial charge in [0.2, 0.25) is 0 Å². The summed E-state index contributed by atoms with van der Waals surface area (Å²) in [5.74, 6) is -24.6. The molecule has 4 aromatic rings. The van der Waals surface area contributed by atoms with Gasteiger partial charge >= 0.3 is 36.2 Å². The maximum absolute atomic E-state index is 13.9. The largest absolute Gasteiger partial charge is 0.478 e. The van der Waals surface area contributed by atoms with Gasteiger partial charge in [0, 0.05) is 48.4 Å². The Morgan fingerprint density at radius 1 is 0.517 bits per heavy atom. The number of aromatic carboxylic acids is 2. The zero-order valence-electron chi connectivity index (χ0n) is 29.9. The van der Waals surface area contributed by atoms with Gasteiger partial charge in [-0.15, -0.1) is 0 Å². The smallest absolute Gasteiger partial charge is 0.422 e. The van der Waals surface area contributed by atoms with Crippen molar-refractivity contribution in [2.75, 3.05) is 10.6 Å². The van der Waals surface area contributed by atoms with Crippen LogP contribution in [-0.4, -0.2) is 34.1 Å². The van der Waals surface area contributed by atoms with Crippen molar-refractivity contribution in [3.8, 4) is 11.5 Å². The van der Waals surface area contributed by atoms with Crippen LogP contribution in [0.2, 0.25) is 0 Å². The number of carbonyl (C=O) groups is 4. The minimum atomic E-state index is -5.66. The van der Waals surface area contributed by atoms with E-state index in [0.29, 0.717) is 0 Å². The molecule has 324 valence electrons. The molecule has 0 saturated heterocycles.